The lowest BCUT2D eigenvalue weighted by molar-refractivity contribution is 0.0732. The number of nitrogens with zero attached hydrogens (tertiary/aromatic N) is 1. The summed E-state index contributed by atoms with van der Waals surface area (Å²) in [5.41, 5.74) is 3.32. The van der Waals surface area contributed by atoms with E-state index in [1.54, 1.807) is 24.3 Å². The number of esters is 2. The summed E-state index contributed by atoms with van der Waals surface area (Å²) in [5.74, 6) is -1.81. The first-order chi connectivity index (χ1) is 18.7. The molecule has 0 atom stereocenters. The van der Waals surface area contributed by atoms with Crippen molar-refractivity contribution in [2.45, 2.75) is 0 Å². The van der Waals surface area contributed by atoms with Crippen molar-refractivity contribution in [2.75, 3.05) is 0 Å². The molecule has 1 amide bonds. The maximum atomic E-state index is 12.8. The van der Waals surface area contributed by atoms with E-state index >= 15 is 0 Å². The Morgan fingerprint density at radius 1 is 0.667 bits per heavy atom. The number of amides is 1. The van der Waals surface area contributed by atoms with Gasteiger partial charge >= 0.3 is 11.9 Å². The van der Waals surface area contributed by atoms with Crippen molar-refractivity contribution in [1.29, 1.82) is 0 Å². The van der Waals surface area contributed by atoms with Crippen LogP contribution in [-0.4, -0.2) is 24.1 Å². The van der Waals surface area contributed by atoms with Crippen molar-refractivity contribution in [3.8, 4) is 11.5 Å². The fourth-order valence-electron chi connectivity index (χ4n) is 3.16. The van der Waals surface area contributed by atoms with Crippen molar-refractivity contribution in [2.24, 2.45) is 5.10 Å². The molecule has 0 heterocycles. The smallest absolute Gasteiger partial charge is 0.343 e. The number of ether oxygens (including phenoxy) is 2. The molecule has 0 aliphatic rings. The third kappa shape index (κ3) is 7.59. The Balaban J connectivity index is 1.57. The molecule has 0 saturated heterocycles. The van der Waals surface area contributed by atoms with Crippen molar-refractivity contribution in [1.82, 2.24) is 5.43 Å². The van der Waals surface area contributed by atoms with Crippen LogP contribution in [0.2, 0.25) is 20.1 Å². The van der Waals surface area contributed by atoms with E-state index < -0.39 is 17.8 Å². The van der Waals surface area contributed by atoms with Gasteiger partial charge in [0.2, 0.25) is 0 Å². The van der Waals surface area contributed by atoms with Crippen LogP contribution in [0.15, 0.2) is 90.0 Å². The van der Waals surface area contributed by atoms with E-state index in [0.29, 0.717) is 20.6 Å². The molecular weight excluding hydrogens is 586 g/mol. The lowest BCUT2D eigenvalue weighted by atomic mass is 10.2. The van der Waals surface area contributed by atoms with Crippen LogP contribution in [0.1, 0.15) is 36.6 Å². The number of hydrogen-bond donors (Lipinski definition) is 1. The molecule has 4 aromatic carbocycles. The lowest BCUT2D eigenvalue weighted by Crippen LogP contribution is -2.18. The minimum Gasteiger partial charge on any atom is -0.423 e. The summed E-state index contributed by atoms with van der Waals surface area (Å²) in [6.07, 6.45) is 1.26. The lowest BCUT2D eigenvalue weighted by Gasteiger charge is -2.11. The highest BCUT2D eigenvalue weighted by molar-refractivity contribution is 6.36. The second kappa shape index (κ2) is 12.8. The number of hydrogen-bond acceptors (Lipinski definition) is 6. The van der Waals surface area contributed by atoms with Gasteiger partial charge in [0.25, 0.3) is 5.91 Å². The maximum Gasteiger partial charge on any atom is 0.343 e. The van der Waals surface area contributed by atoms with E-state index in [1.165, 1.54) is 66.9 Å². The van der Waals surface area contributed by atoms with E-state index in [4.69, 9.17) is 55.9 Å². The van der Waals surface area contributed by atoms with E-state index in [2.05, 4.69) is 10.5 Å². The monoisotopic (exact) mass is 600 g/mol. The van der Waals surface area contributed by atoms with E-state index in [9.17, 15) is 14.4 Å². The average molecular weight is 602 g/mol. The molecule has 0 unspecified atom stereocenters. The molecule has 11 heteroatoms. The molecule has 1 N–H and O–H groups in total. The Bertz CT molecular complexity index is 1570. The Morgan fingerprint density at radius 2 is 1.23 bits per heavy atom. The van der Waals surface area contributed by atoms with Crippen molar-refractivity contribution >= 4 is 70.5 Å². The Morgan fingerprint density at radius 3 is 1.82 bits per heavy atom. The SMILES string of the molecule is O=C(Oc1ccc(/C=N/NC(=O)c2ccc(Cl)cc2Cl)c(OC(=O)c2ccc(Cl)cc2)c1)c1ccc(Cl)cc1. The Hall–Kier alpha value is -3.88. The topological polar surface area (TPSA) is 94.1 Å². The third-order valence-corrected chi connectivity index (χ3v) is 6.16. The van der Waals surface area contributed by atoms with Crippen molar-refractivity contribution < 1.29 is 23.9 Å². The molecule has 0 spiro atoms. The molecule has 4 rings (SSSR count). The van der Waals surface area contributed by atoms with Crippen LogP contribution in [0, 0.1) is 0 Å². The number of benzene rings is 4. The largest absolute Gasteiger partial charge is 0.423 e. The number of hydrazone groups is 1. The highest BCUT2D eigenvalue weighted by atomic mass is 35.5. The van der Waals surface area contributed by atoms with E-state index in [1.807, 2.05) is 0 Å². The van der Waals surface area contributed by atoms with E-state index in [0.717, 1.165) is 0 Å². The van der Waals surface area contributed by atoms with Crippen LogP contribution in [-0.2, 0) is 0 Å². The Kier molecular flexibility index (Phi) is 9.22. The molecule has 0 saturated carbocycles. The third-order valence-electron chi connectivity index (χ3n) is 5.10. The van der Waals surface area contributed by atoms with Gasteiger partial charge < -0.3 is 9.47 Å². The van der Waals surface area contributed by atoms with Gasteiger partial charge in [0.1, 0.15) is 11.5 Å². The van der Waals surface area contributed by atoms with Crippen LogP contribution < -0.4 is 14.9 Å². The Labute approximate surface area is 242 Å². The molecular formula is C28H16Cl4N2O5. The van der Waals surface area contributed by atoms with E-state index in [-0.39, 0.29) is 33.2 Å². The summed E-state index contributed by atoms with van der Waals surface area (Å²) in [4.78, 5) is 37.8. The van der Waals surface area contributed by atoms with Crippen molar-refractivity contribution in [3.05, 3.63) is 127 Å². The first-order valence-electron chi connectivity index (χ1n) is 11.1. The zero-order valence-corrected chi connectivity index (χ0v) is 22.7. The first-order valence-corrected chi connectivity index (χ1v) is 12.6. The number of carbonyl (C=O) groups excluding carboxylic acids is 3. The second-order valence-corrected chi connectivity index (χ2v) is 9.53. The molecule has 0 aliphatic carbocycles. The number of nitrogens with one attached hydrogen (secondary N) is 1. The van der Waals surface area contributed by atoms with Crippen LogP contribution in [0.4, 0.5) is 0 Å². The summed E-state index contributed by atoms with van der Waals surface area (Å²) in [7, 11) is 0. The molecule has 0 bridgehead atoms. The summed E-state index contributed by atoms with van der Waals surface area (Å²) < 4.78 is 11.0. The molecule has 4 aromatic rings. The zero-order chi connectivity index (χ0) is 27.9. The maximum absolute atomic E-state index is 12.8. The summed E-state index contributed by atoms with van der Waals surface area (Å²) in [6, 6.07) is 21.0. The van der Waals surface area contributed by atoms with Crippen molar-refractivity contribution in [3.63, 3.8) is 0 Å². The van der Waals surface area contributed by atoms with Crippen LogP contribution in [0.3, 0.4) is 0 Å². The van der Waals surface area contributed by atoms with Crippen LogP contribution in [0.25, 0.3) is 0 Å². The van der Waals surface area contributed by atoms with Gasteiger partial charge in [0, 0.05) is 26.7 Å². The number of halogens is 4. The average Bonchev–Trinajstić information content (AvgIpc) is 2.90. The predicted molar refractivity (Wildman–Crippen MR) is 151 cm³/mol. The second-order valence-electron chi connectivity index (χ2n) is 7.82. The van der Waals surface area contributed by atoms with Gasteiger partial charge in [-0.25, -0.2) is 15.0 Å². The van der Waals surface area contributed by atoms with Gasteiger partial charge in [0.15, 0.2) is 0 Å². The van der Waals surface area contributed by atoms with Gasteiger partial charge in [-0.05, 0) is 78.9 Å². The minimum absolute atomic E-state index is 0.0129. The molecule has 0 fully saturated rings. The first kappa shape index (κ1) is 28.1. The highest BCUT2D eigenvalue weighted by Gasteiger charge is 2.16. The standard InChI is InChI=1S/C28H16Cl4N2O5/c29-19-6-1-16(2-7-19)27(36)38-22-11-5-18(15-33-34-26(35)23-12-10-21(31)13-24(23)32)25(14-22)39-28(37)17-3-8-20(30)9-4-17/h1-15H,(H,34,35)/b33-15+. The summed E-state index contributed by atoms with van der Waals surface area (Å²) in [5, 5.41) is 5.39. The molecule has 39 heavy (non-hydrogen) atoms. The fourth-order valence-corrected chi connectivity index (χ4v) is 3.91. The summed E-state index contributed by atoms with van der Waals surface area (Å²) >= 11 is 23.7. The predicted octanol–water partition coefficient (Wildman–Crippen LogP) is 7.50. The number of carbonyl (C=O) groups is 3. The van der Waals surface area contributed by atoms with Crippen LogP contribution in [0.5, 0.6) is 11.5 Å². The number of rotatable bonds is 7. The highest BCUT2D eigenvalue weighted by Crippen LogP contribution is 2.26. The molecule has 0 aliphatic heterocycles. The van der Waals surface area contributed by atoms with Crippen LogP contribution >= 0.6 is 46.4 Å². The fraction of sp³-hybridized carbons (Fsp3) is 0. The minimum atomic E-state index is -0.695. The van der Waals surface area contributed by atoms with Gasteiger partial charge in [-0.15, -0.1) is 0 Å². The molecule has 7 nitrogen and oxygen atoms in total. The van der Waals surface area contributed by atoms with Gasteiger partial charge in [-0.1, -0.05) is 46.4 Å². The molecule has 196 valence electrons. The zero-order valence-electron chi connectivity index (χ0n) is 19.7. The van der Waals surface area contributed by atoms with Gasteiger partial charge in [-0.3, -0.25) is 4.79 Å². The molecule has 0 aromatic heterocycles. The van der Waals surface area contributed by atoms with Gasteiger partial charge in [-0.2, -0.15) is 5.10 Å². The molecule has 0 radical (unpaired) electrons. The normalized spacial score (nSPS) is 10.8. The summed E-state index contributed by atoms with van der Waals surface area (Å²) in [6.45, 7) is 0. The van der Waals surface area contributed by atoms with Gasteiger partial charge in [0.05, 0.1) is 27.9 Å². The quantitative estimate of drug-likeness (QED) is 0.102.